The number of para-hydroxylation sites is 1. The molecular weight excluding hydrogens is 258 g/mol. The molecule has 21 heavy (non-hydrogen) atoms. The van der Waals surface area contributed by atoms with E-state index in [1.54, 1.807) is 0 Å². The smallest absolute Gasteiger partial charge is 0.0726 e. The summed E-state index contributed by atoms with van der Waals surface area (Å²) >= 11 is 0. The van der Waals surface area contributed by atoms with Crippen LogP contribution in [0, 0.1) is 5.92 Å². The van der Waals surface area contributed by atoms with E-state index in [9.17, 15) is 0 Å². The summed E-state index contributed by atoms with van der Waals surface area (Å²) in [7, 11) is 0. The number of rotatable bonds is 4. The first-order chi connectivity index (χ1) is 10.1. The number of hydrogen-bond acceptors (Lipinski definition) is 3. The SMILES string of the molecule is CC1CCN(c2cc(CNC(C)C)nc3ccccc23)C1. The predicted octanol–water partition coefficient (Wildman–Crippen LogP) is 3.58. The Balaban J connectivity index is 1.99. The number of anilines is 1. The van der Waals surface area contributed by atoms with E-state index in [2.05, 4.69) is 61.3 Å². The summed E-state index contributed by atoms with van der Waals surface area (Å²) in [5.41, 5.74) is 3.59. The molecule has 1 N–H and O–H groups in total. The summed E-state index contributed by atoms with van der Waals surface area (Å²) in [4.78, 5) is 7.33. The number of pyridine rings is 1. The van der Waals surface area contributed by atoms with Gasteiger partial charge in [0.25, 0.3) is 0 Å². The van der Waals surface area contributed by atoms with Crippen LogP contribution in [-0.4, -0.2) is 24.1 Å². The Kier molecular flexibility index (Phi) is 4.11. The molecule has 3 nitrogen and oxygen atoms in total. The van der Waals surface area contributed by atoms with Crippen molar-refractivity contribution in [3.05, 3.63) is 36.0 Å². The first-order valence-electron chi connectivity index (χ1n) is 8.00. The number of nitrogens with zero attached hydrogens (tertiary/aromatic N) is 2. The van der Waals surface area contributed by atoms with Crippen LogP contribution in [-0.2, 0) is 6.54 Å². The maximum atomic E-state index is 4.81. The second-order valence-corrected chi connectivity index (χ2v) is 6.53. The van der Waals surface area contributed by atoms with Crippen molar-refractivity contribution in [2.75, 3.05) is 18.0 Å². The van der Waals surface area contributed by atoms with Gasteiger partial charge in [-0.3, -0.25) is 4.98 Å². The van der Waals surface area contributed by atoms with Gasteiger partial charge in [0.15, 0.2) is 0 Å². The van der Waals surface area contributed by atoms with Crippen molar-refractivity contribution in [2.45, 2.75) is 39.8 Å². The van der Waals surface area contributed by atoms with Crippen molar-refractivity contribution in [3.63, 3.8) is 0 Å². The van der Waals surface area contributed by atoms with Crippen molar-refractivity contribution in [1.82, 2.24) is 10.3 Å². The molecule has 0 saturated carbocycles. The third-order valence-electron chi connectivity index (χ3n) is 4.20. The molecule has 0 radical (unpaired) electrons. The molecule has 0 spiro atoms. The van der Waals surface area contributed by atoms with Gasteiger partial charge in [-0.05, 0) is 24.5 Å². The molecule has 1 atom stereocenters. The fourth-order valence-electron chi connectivity index (χ4n) is 3.02. The van der Waals surface area contributed by atoms with Gasteiger partial charge >= 0.3 is 0 Å². The lowest BCUT2D eigenvalue weighted by Gasteiger charge is -2.21. The molecule has 1 aliphatic heterocycles. The fourth-order valence-corrected chi connectivity index (χ4v) is 3.02. The van der Waals surface area contributed by atoms with Crippen LogP contribution in [0.2, 0.25) is 0 Å². The average molecular weight is 283 g/mol. The topological polar surface area (TPSA) is 28.2 Å². The fraction of sp³-hybridized carbons (Fsp3) is 0.500. The van der Waals surface area contributed by atoms with Crippen LogP contribution < -0.4 is 10.2 Å². The Hall–Kier alpha value is -1.61. The molecule has 1 unspecified atom stereocenters. The summed E-state index contributed by atoms with van der Waals surface area (Å²) in [6.07, 6.45) is 1.29. The second kappa shape index (κ2) is 6.02. The minimum absolute atomic E-state index is 0.480. The number of hydrogen-bond donors (Lipinski definition) is 1. The lowest BCUT2D eigenvalue weighted by Crippen LogP contribution is -2.23. The number of nitrogens with one attached hydrogen (secondary N) is 1. The molecule has 1 aromatic carbocycles. The number of benzene rings is 1. The molecule has 1 saturated heterocycles. The Labute approximate surface area is 127 Å². The molecule has 2 heterocycles. The lowest BCUT2D eigenvalue weighted by atomic mass is 10.1. The zero-order valence-electron chi connectivity index (χ0n) is 13.3. The Morgan fingerprint density at radius 3 is 2.86 bits per heavy atom. The van der Waals surface area contributed by atoms with Gasteiger partial charge in [0.1, 0.15) is 0 Å². The van der Waals surface area contributed by atoms with Gasteiger partial charge in [-0.2, -0.15) is 0 Å². The van der Waals surface area contributed by atoms with Crippen molar-refractivity contribution in [1.29, 1.82) is 0 Å². The van der Waals surface area contributed by atoms with E-state index in [0.29, 0.717) is 6.04 Å². The van der Waals surface area contributed by atoms with Crippen molar-refractivity contribution in [2.24, 2.45) is 5.92 Å². The minimum atomic E-state index is 0.480. The Bertz CT molecular complexity index is 621. The number of fused-ring (bicyclic) bond motifs is 1. The Morgan fingerprint density at radius 1 is 1.33 bits per heavy atom. The zero-order chi connectivity index (χ0) is 14.8. The molecule has 0 bridgehead atoms. The van der Waals surface area contributed by atoms with Crippen LogP contribution in [0.5, 0.6) is 0 Å². The van der Waals surface area contributed by atoms with Crippen LogP contribution in [0.15, 0.2) is 30.3 Å². The molecule has 1 aromatic heterocycles. The molecule has 1 aliphatic rings. The highest BCUT2D eigenvalue weighted by Gasteiger charge is 2.21. The second-order valence-electron chi connectivity index (χ2n) is 6.53. The molecule has 1 fully saturated rings. The molecule has 2 aromatic rings. The van der Waals surface area contributed by atoms with Crippen LogP contribution in [0.25, 0.3) is 10.9 Å². The maximum Gasteiger partial charge on any atom is 0.0726 e. The van der Waals surface area contributed by atoms with E-state index < -0.39 is 0 Å². The molecule has 3 rings (SSSR count). The summed E-state index contributed by atoms with van der Waals surface area (Å²) in [5, 5.41) is 4.75. The van der Waals surface area contributed by atoms with Crippen molar-refractivity contribution < 1.29 is 0 Å². The van der Waals surface area contributed by atoms with Crippen molar-refractivity contribution >= 4 is 16.6 Å². The molecular formula is C18H25N3. The third kappa shape index (κ3) is 3.18. The van der Waals surface area contributed by atoms with E-state index in [1.165, 1.54) is 17.5 Å². The predicted molar refractivity (Wildman–Crippen MR) is 89.7 cm³/mol. The lowest BCUT2D eigenvalue weighted by molar-refractivity contribution is 0.582. The molecule has 0 aliphatic carbocycles. The largest absolute Gasteiger partial charge is 0.371 e. The van der Waals surface area contributed by atoms with E-state index in [-0.39, 0.29) is 0 Å². The van der Waals surface area contributed by atoms with Crippen LogP contribution >= 0.6 is 0 Å². The maximum absolute atomic E-state index is 4.81. The van der Waals surface area contributed by atoms with Gasteiger partial charge in [0.2, 0.25) is 0 Å². The highest BCUT2D eigenvalue weighted by Crippen LogP contribution is 2.30. The van der Waals surface area contributed by atoms with Crippen LogP contribution in [0.4, 0.5) is 5.69 Å². The highest BCUT2D eigenvalue weighted by molar-refractivity contribution is 5.92. The van der Waals surface area contributed by atoms with Crippen LogP contribution in [0.3, 0.4) is 0 Å². The first kappa shape index (κ1) is 14.3. The number of aromatic nitrogens is 1. The molecule has 0 amide bonds. The summed E-state index contributed by atoms with van der Waals surface area (Å²) < 4.78 is 0. The van der Waals surface area contributed by atoms with Gasteiger partial charge in [-0.1, -0.05) is 39.0 Å². The molecule has 112 valence electrons. The normalized spacial score (nSPS) is 18.9. The Morgan fingerprint density at radius 2 is 2.14 bits per heavy atom. The van der Waals surface area contributed by atoms with Gasteiger partial charge in [-0.15, -0.1) is 0 Å². The average Bonchev–Trinajstić information content (AvgIpc) is 2.90. The monoisotopic (exact) mass is 283 g/mol. The first-order valence-corrected chi connectivity index (χ1v) is 8.00. The molecule has 3 heteroatoms. The van der Waals surface area contributed by atoms with E-state index in [4.69, 9.17) is 4.98 Å². The summed E-state index contributed by atoms with van der Waals surface area (Å²) in [5.74, 6) is 0.786. The zero-order valence-corrected chi connectivity index (χ0v) is 13.3. The van der Waals surface area contributed by atoms with E-state index in [1.807, 2.05) is 0 Å². The summed E-state index contributed by atoms with van der Waals surface area (Å²) in [6.45, 7) is 9.83. The highest BCUT2D eigenvalue weighted by atomic mass is 15.2. The van der Waals surface area contributed by atoms with E-state index >= 15 is 0 Å². The quantitative estimate of drug-likeness (QED) is 0.929. The van der Waals surface area contributed by atoms with Gasteiger partial charge in [0.05, 0.1) is 11.2 Å². The van der Waals surface area contributed by atoms with Crippen molar-refractivity contribution in [3.8, 4) is 0 Å². The minimum Gasteiger partial charge on any atom is -0.371 e. The summed E-state index contributed by atoms with van der Waals surface area (Å²) in [6, 6.07) is 11.3. The van der Waals surface area contributed by atoms with Gasteiger partial charge in [0, 0.05) is 36.7 Å². The van der Waals surface area contributed by atoms with Crippen LogP contribution in [0.1, 0.15) is 32.9 Å². The third-order valence-corrected chi connectivity index (χ3v) is 4.20. The van der Waals surface area contributed by atoms with Gasteiger partial charge < -0.3 is 10.2 Å². The van der Waals surface area contributed by atoms with Gasteiger partial charge in [-0.25, -0.2) is 0 Å². The standard InChI is InChI=1S/C18H25N3/c1-13(2)19-11-15-10-18(21-9-8-14(3)12-21)16-6-4-5-7-17(16)20-15/h4-7,10,13-14,19H,8-9,11-12H2,1-3H3. The van der Waals surface area contributed by atoms with E-state index in [0.717, 1.165) is 36.8 Å².